The van der Waals surface area contributed by atoms with Gasteiger partial charge in [-0.15, -0.1) is 0 Å². The van der Waals surface area contributed by atoms with Gasteiger partial charge in [0.25, 0.3) is 0 Å². The van der Waals surface area contributed by atoms with E-state index in [4.69, 9.17) is 0 Å². The quantitative estimate of drug-likeness (QED) is 0.494. The second-order valence-corrected chi connectivity index (χ2v) is 2.98. The van der Waals surface area contributed by atoms with Crippen LogP contribution < -0.4 is 0 Å². The maximum Gasteiger partial charge on any atom is 0.213 e. The fraction of sp³-hybridized carbons (Fsp3) is 0.333. The summed E-state index contributed by atoms with van der Waals surface area (Å²) in [5.41, 5.74) is 0.262. The zero-order valence-electron chi connectivity index (χ0n) is 6.46. The van der Waals surface area contributed by atoms with E-state index in [1.807, 2.05) is 0 Å². The van der Waals surface area contributed by atoms with Crippen molar-refractivity contribution in [3.05, 3.63) is 29.8 Å². The minimum absolute atomic E-state index is 0.0190. The van der Waals surface area contributed by atoms with Gasteiger partial charge in [0.05, 0.1) is 0 Å². The molecule has 0 aromatic carbocycles. The average molecular weight is 165 g/mol. The number of hydrogen-bond donors (Lipinski definition) is 0. The van der Waals surface area contributed by atoms with Gasteiger partial charge in [0.1, 0.15) is 5.69 Å². The van der Waals surface area contributed by atoms with E-state index < -0.39 is 5.95 Å². The molecule has 0 spiro atoms. The van der Waals surface area contributed by atoms with Crippen LogP contribution in [0.3, 0.4) is 0 Å². The average Bonchev–Trinajstić information content (AvgIpc) is 2.85. The normalized spacial score (nSPS) is 16.1. The molecular formula is C9H8FNO. The Bertz CT molecular complexity index is 320. The fourth-order valence-electron chi connectivity index (χ4n) is 1.10. The fourth-order valence-corrected chi connectivity index (χ4v) is 1.10. The summed E-state index contributed by atoms with van der Waals surface area (Å²) in [6, 6.07) is 4.31. The summed E-state index contributed by atoms with van der Waals surface area (Å²) in [6.45, 7) is 0. The van der Waals surface area contributed by atoms with Crippen LogP contribution in [0.2, 0.25) is 0 Å². The van der Waals surface area contributed by atoms with Gasteiger partial charge in [-0.05, 0) is 25.0 Å². The molecule has 0 amide bonds. The second-order valence-electron chi connectivity index (χ2n) is 2.98. The highest BCUT2D eigenvalue weighted by atomic mass is 19.1. The maximum absolute atomic E-state index is 12.5. The maximum atomic E-state index is 12.5. The molecule has 0 unspecified atom stereocenters. The van der Waals surface area contributed by atoms with Gasteiger partial charge in [0.2, 0.25) is 5.95 Å². The molecule has 1 heterocycles. The molecule has 0 aliphatic heterocycles. The molecule has 3 heteroatoms. The van der Waals surface area contributed by atoms with Gasteiger partial charge >= 0.3 is 0 Å². The number of aromatic nitrogens is 1. The molecule has 1 aliphatic rings. The number of carbonyl (C=O) groups excluding carboxylic acids is 1. The monoisotopic (exact) mass is 165 g/mol. The first-order chi connectivity index (χ1) is 5.77. The van der Waals surface area contributed by atoms with Crippen molar-refractivity contribution in [3.8, 4) is 0 Å². The van der Waals surface area contributed by atoms with Gasteiger partial charge < -0.3 is 0 Å². The van der Waals surface area contributed by atoms with Crippen molar-refractivity contribution in [3.63, 3.8) is 0 Å². The molecule has 1 aliphatic carbocycles. The van der Waals surface area contributed by atoms with Gasteiger partial charge in [-0.3, -0.25) is 4.79 Å². The molecule has 0 saturated heterocycles. The molecule has 1 fully saturated rings. The predicted octanol–water partition coefficient (Wildman–Crippen LogP) is 1.81. The molecule has 1 aromatic heterocycles. The summed E-state index contributed by atoms with van der Waals surface area (Å²) in [5.74, 6) is -0.490. The molecule has 2 nitrogen and oxygen atoms in total. The van der Waals surface area contributed by atoms with Crippen molar-refractivity contribution in [2.45, 2.75) is 12.8 Å². The minimum Gasteiger partial charge on any atom is -0.292 e. The van der Waals surface area contributed by atoms with Crippen LogP contribution in [0.15, 0.2) is 18.2 Å². The van der Waals surface area contributed by atoms with Crippen LogP contribution in [-0.2, 0) is 0 Å². The van der Waals surface area contributed by atoms with Crippen molar-refractivity contribution in [2.75, 3.05) is 0 Å². The molecule has 0 atom stereocenters. The smallest absolute Gasteiger partial charge is 0.213 e. The van der Waals surface area contributed by atoms with Crippen LogP contribution in [0.25, 0.3) is 0 Å². The lowest BCUT2D eigenvalue weighted by molar-refractivity contribution is 0.0961. The zero-order chi connectivity index (χ0) is 8.55. The van der Waals surface area contributed by atoms with Gasteiger partial charge in [0.15, 0.2) is 5.78 Å². The molecule has 2 rings (SSSR count). The summed E-state index contributed by atoms with van der Waals surface area (Å²) in [5, 5.41) is 0. The first kappa shape index (κ1) is 7.40. The number of ketones is 1. The summed E-state index contributed by atoms with van der Waals surface area (Å²) in [6.07, 6.45) is 1.86. The second kappa shape index (κ2) is 2.66. The van der Waals surface area contributed by atoms with Crippen LogP contribution >= 0.6 is 0 Å². The molecular weight excluding hydrogens is 157 g/mol. The Kier molecular flexibility index (Phi) is 1.64. The van der Waals surface area contributed by atoms with Crippen LogP contribution in [0.4, 0.5) is 4.39 Å². The highest BCUT2D eigenvalue weighted by Gasteiger charge is 2.31. The lowest BCUT2D eigenvalue weighted by atomic mass is 10.2. The number of rotatable bonds is 2. The van der Waals surface area contributed by atoms with E-state index >= 15 is 0 Å². The minimum atomic E-state index is -0.582. The Morgan fingerprint density at radius 1 is 1.50 bits per heavy atom. The number of Topliss-reactive ketones (excluding diaryl/α,β-unsaturated/α-hetero) is 1. The first-order valence-corrected chi connectivity index (χ1v) is 3.94. The summed E-state index contributed by atoms with van der Waals surface area (Å²) >= 11 is 0. The third kappa shape index (κ3) is 1.35. The number of halogens is 1. The van der Waals surface area contributed by atoms with Crippen LogP contribution in [-0.4, -0.2) is 10.8 Å². The van der Waals surface area contributed by atoms with E-state index in [0.29, 0.717) is 0 Å². The van der Waals surface area contributed by atoms with Crippen LogP contribution in [0.1, 0.15) is 23.3 Å². The molecule has 0 N–H and O–H groups in total. The third-order valence-electron chi connectivity index (χ3n) is 1.92. The van der Waals surface area contributed by atoms with E-state index in [9.17, 15) is 9.18 Å². The van der Waals surface area contributed by atoms with E-state index in [0.717, 1.165) is 12.8 Å². The van der Waals surface area contributed by atoms with Gasteiger partial charge in [-0.2, -0.15) is 4.39 Å². The molecule has 0 bridgehead atoms. The topological polar surface area (TPSA) is 30.0 Å². The number of carbonyl (C=O) groups is 1. The highest BCUT2D eigenvalue weighted by molar-refractivity contribution is 5.97. The van der Waals surface area contributed by atoms with E-state index in [1.165, 1.54) is 12.1 Å². The Balaban J connectivity index is 2.26. The predicted molar refractivity (Wildman–Crippen MR) is 41.2 cm³/mol. The summed E-state index contributed by atoms with van der Waals surface area (Å²) < 4.78 is 12.5. The van der Waals surface area contributed by atoms with Crippen molar-refractivity contribution >= 4 is 5.78 Å². The Morgan fingerprint density at radius 2 is 2.25 bits per heavy atom. The SMILES string of the molecule is O=C(c1cccc(F)n1)C1CC1. The summed E-state index contributed by atoms with van der Waals surface area (Å²) in [4.78, 5) is 14.8. The van der Waals surface area contributed by atoms with E-state index in [-0.39, 0.29) is 17.4 Å². The van der Waals surface area contributed by atoms with Crippen molar-refractivity contribution < 1.29 is 9.18 Å². The molecule has 62 valence electrons. The van der Waals surface area contributed by atoms with E-state index in [2.05, 4.69) is 4.98 Å². The largest absolute Gasteiger partial charge is 0.292 e. The zero-order valence-corrected chi connectivity index (χ0v) is 6.46. The molecule has 0 radical (unpaired) electrons. The third-order valence-corrected chi connectivity index (χ3v) is 1.92. The standard InChI is InChI=1S/C9H8FNO/c10-8-3-1-2-7(11-8)9(12)6-4-5-6/h1-3,6H,4-5H2. The number of hydrogen-bond acceptors (Lipinski definition) is 2. The Morgan fingerprint density at radius 3 is 2.83 bits per heavy atom. The molecule has 1 aromatic rings. The molecule has 1 saturated carbocycles. The Hall–Kier alpha value is -1.25. The van der Waals surface area contributed by atoms with Crippen molar-refractivity contribution in [2.24, 2.45) is 5.92 Å². The lowest BCUT2D eigenvalue weighted by Gasteiger charge is -1.95. The highest BCUT2D eigenvalue weighted by Crippen LogP contribution is 2.31. The van der Waals surface area contributed by atoms with Gasteiger partial charge in [-0.1, -0.05) is 6.07 Å². The number of nitrogens with zero attached hydrogens (tertiary/aromatic N) is 1. The molecule has 12 heavy (non-hydrogen) atoms. The van der Waals surface area contributed by atoms with Crippen LogP contribution in [0, 0.1) is 11.9 Å². The summed E-state index contributed by atoms with van der Waals surface area (Å²) in [7, 11) is 0. The first-order valence-electron chi connectivity index (χ1n) is 3.94. The van der Waals surface area contributed by atoms with Crippen molar-refractivity contribution in [1.82, 2.24) is 4.98 Å². The van der Waals surface area contributed by atoms with Gasteiger partial charge in [-0.25, -0.2) is 4.98 Å². The van der Waals surface area contributed by atoms with E-state index in [1.54, 1.807) is 6.07 Å². The Labute approximate surface area is 69.4 Å². The lowest BCUT2D eigenvalue weighted by Crippen LogP contribution is -2.04. The van der Waals surface area contributed by atoms with Crippen molar-refractivity contribution in [1.29, 1.82) is 0 Å². The van der Waals surface area contributed by atoms with Gasteiger partial charge in [0, 0.05) is 5.92 Å². The van der Waals surface area contributed by atoms with Crippen LogP contribution in [0.5, 0.6) is 0 Å². The number of pyridine rings is 1.